The summed E-state index contributed by atoms with van der Waals surface area (Å²) in [5.41, 5.74) is 3.76. The Labute approximate surface area is 111 Å². The van der Waals surface area contributed by atoms with E-state index in [1.54, 1.807) is 0 Å². The molecular weight excluding hydrogens is 224 g/mol. The second-order valence-electron chi connectivity index (χ2n) is 5.03. The summed E-state index contributed by atoms with van der Waals surface area (Å²) < 4.78 is 0. The zero-order chi connectivity index (χ0) is 13.5. The molecule has 18 heavy (non-hydrogen) atoms. The van der Waals surface area contributed by atoms with Crippen molar-refractivity contribution in [3.8, 4) is 0 Å². The molecule has 0 bridgehead atoms. The molecule has 0 amide bonds. The minimum Gasteiger partial charge on any atom is -0.392 e. The van der Waals surface area contributed by atoms with Gasteiger partial charge in [-0.1, -0.05) is 19.1 Å². The second kappa shape index (κ2) is 7.39. The number of aliphatic hydroxyl groups is 1. The van der Waals surface area contributed by atoms with E-state index in [2.05, 4.69) is 42.3 Å². The summed E-state index contributed by atoms with van der Waals surface area (Å²) in [6.45, 7) is 8.75. The van der Waals surface area contributed by atoms with Crippen molar-refractivity contribution in [2.75, 3.05) is 25.0 Å². The van der Waals surface area contributed by atoms with E-state index in [-0.39, 0.29) is 6.10 Å². The summed E-state index contributed by atoms with van der Waals surface area (Å²) in [5.74, 6) is 0. The molecule has 3 heteroatoms. The SMILES string of the molecule is CCCNCc1ccc(N(C)CC(C)O)c(C)c1. The Bertz CT molecular complexity index is 364. The Morgan fingerprint density at radius 3 is 2.67 bits per heavy atom. The number of rotatable bonds is 7. The highest BCUT2D eigenvalue weighted by Crippen LogP contribution is 2.20. The molecule has 0 radical (unpaired) electrons. The van der Waals surface area contributed by atoms with Crippen molar-refractivity contribution in [1.29, 1.82) is 0 Å². The number of nitrogens with zero attached hydrogens (tertiary/aromatic N) is 1. The lowest BCUT2D eigenvalue weighted by Crippen LogP contribution is -2.27. The van der Waals surface area contributed by atoms with Crippen LogP contribution in [-0.4, -0.2) is 31.3 Å². The van der Waals surface area contributed by atoms with Gasteiger partial charge in [0.05, 0.1) is 6.10 Å². The molecule has 1 rings (SSSR count). The molecule has 0 aliphatic rings. The topological polar surface area (TPSA) is 35.5 Å². The number of anilines is 1. The lowest BCUT2D eigenvalue weighted by Gasteiger charge is -2.23. The number of hydrogen-bond acceptors (Lipinski definition) is 3. The van der Waals surface area contributed by atoms with Gasteiger partial charge in [-0.2, -0.15) is 0 Å². The van der Waals surface area contributed by atoms with E-state index in [0.717, 1.165) is 19.5 Å². The molecule has 0 aromatic heterocycles. The zero-order valence-corrected chi connectivity index (χ0v) is 12.0. The maximum atomic E-state index is 9.42. The first-order chi connectivity index (χ1) is 8.54. The fraction of sp³-hybridized carbons (Fsp3) is 0.600. The molecule has 0 aliphatic heterocycles. The quantitative estimate of drug-likeness (QED) is 0.729. The van der Waals surface area contributed by atoms with Crippen molar-refractivity contribution in [3.05, 3.63) is 29.3 Å². The Morgan fingerprint density at radius 1 is 1.39 bits per heavy atom. The van der Waals surface area contributed by atoms with Crippen LogP contribution in [0.2, 0.25) is 0 Å². The van der Waals surface area contributed by atoms with Gasteiger partial charge in [-0.05, 0) is 44.0 Å². The van der Waals surface area contributed by atoms with E-state index in [4.69, 9.17) is 0 Å². The highest BCUT2D eigenvalue weighted by atomic mass is 16.3. The summed E-state index contributed by atoms with van der Waals surface area (Å²) in [6, 6.07) is 6.51. The van der Waals surface area contributed by atoms with Crippen LogP contribution < -0.4 is 10.2 Å². The minimum atomic E-state index is -0.305. The van der Waals surface area contributed by atoms with Gasteiger partial charge in [0.1, 0.15) is 0 Å². The van der Waals surface area contributed by atoms with Crippen LogP contribution in [0.3, 0.4) is 0 Å². The maximum Gasteiger partial charge on any atom is 0.0686 e. The third kappa shape index (κ3) is 4.67. The van der Waals surface area contributed by atoms with E-state index >= 15 is 0 Å². The fourth-order valence-corrected chi connectivity index (χ4v) is 2.16. The predicted molar refractivity (Wildman–Crippen MR) is 78.1 cm³/mol. The Kier molecular flexibility index (Phi) is 6.16. The van der Waals surface area contributed by atoms with Crippen LogP contribution in [0.4, 0.5) is 5.69 Å². The third-order valence-electron chi connectivity index (χ3n) is 2.97. The van der Waals surface area contributed by atoms with Crippen LogP contribution in [0, 0.1) is 6.92 Å². The van der Waals surface area contributed by atoms with Crippen LogP contribution in [0.25, 0.3) is 0 Å². The van der Waals surface area contributed by atoms with Crippen molar-refractivity contribution in [2.45, 2.75) is 39.8 Å². The monoisotopic (exact) mass is 250 g/mol. The van der Waals surface area contributed by atoms with Gasteiger partial charge >= 0.3 is 0 Å². The molecule has 3 nitrogen and oxygen atoms in total. The average molecular weight is 250 g/mol. The van der Waals surface area contributed by atoms with Crippen LogP contribution >= 0.6 is 0 Å². The summed E-state index contributed by atoms with van der Waals surface area (Å²) >= 11 is 0. The van der Waals surface area contributed by atoms with Gasteiger partial charge < -0.3 is 15.3 Å². The largest absolute Gasteiger partial charge is 0.392 e. The maximum absolute atomic E-state index is 9.42. The first-order valence-corrected chi connectivity index (χ1v) is 6.74. The van der Waals surface area contributed by atoms with Gasteiger partial charge in [0.2, 0.25) is 0 Å². The average Bonchev–Trinajstić information content (AvgIpc) is 2.28. The van der Waals surface area contributed by atoms with E-state index < -0.39 is 0 Å². The Morgan fingerprint density at radius 2 is 2.11 bits per heavy atom. The molecule has 0 heterocycles. The molecule has 1 aromatic carbocycles. The normalized spacial score (nSPS) is 12.5. The van der Waals surface area contributed by atoms with Gasteiger partial charge in [-0.15, -0.1) is 0 Å². The van der Waals surface area contributed by atoms with Crippen LogP contribution in [0.15, 0.2) is 18.2 Å². The van der Waals surface area contributed by atoms with Crippen molar-refractivity contribution < 1.29 is 5.11 Å². The van der Waals surface area contributed by atoms with Crippen molar-refractivity contribution in [3.63, 3.8) is 0 Å². The van der Waals surface area contributed by atoms with Crippen LogP contribution in [0.5, 0.6) is 0 Å². The molecule has 1 unspecified atom stereocenters. The van der Waals surface area contributed by atoms with E-state index in [1.807, 2.05) is 14.0 Å². The highest BCUT2D eigenvalue weighted by Gasteiger charge is 2.07. The second-order valence-corrected chi connectivity index (χ2v) is 5.03. The third-order valence-corrected chi connectivity index (χ3v) is 2.97. The lowest BCUT2D eigenvalue weighted by molar-refractivity contribution is 0.201. The molecule has 0 spiro atoms. The van der Waals surface area contributed by atoms with Gasteiger partial charge in [0.15, 0.2) is 0 Å². The van der Waals surface area contributed by atoms with E-state index in [1.165, 1.54) is 16.8 Å². The predicted octanol–water partition coefficient (Wildman–Crippen LogP) is 2.31. The molecule has 0 aliphatic carbocycles. The molecule has 102 valence electrons. The first-order valence-electron chi connectivity index (χ1n) is 6.74. The number of aliphatic hydroxyl groups excluding tert-OH is 1. The fourth-order valence-electron chi connectivity index (χ4n) is 2.16. The molecule has 0 saturated carbocycles. The van der Waals surface area contributed by atoms with Gasteiger partial charge in [-0.25, -0.2) is 0 Å². The summed E-state index contributed by atoms with van der Waals surface area (Å²) in [4.78, 5) is 2.10. The van der Waals surface area contributed by atoms with Crippen LogP contribution in [-0.2, 0) is 6.54 Å². The molecule has 0 fully saturated rings. The zero-order valence-electron chi connectivity index (χ0n) is 12.0. The Hall–Kier alpha value is -1.06. The lowest BCUT2D eigenvalue weighted by atomic mass is 10.1. The number of hydrogen-bond donors (Lipinski definition) is 2. The standard InChI is InChI=1S/C15H26N2O/c1-5-8-16-10-14-6-7-15(12(2)9-14)17(4)11-13(3)18/h6-7,9,13,16,18H,5,8,10-11H2,1-4H3. The van der Waals surface area contributed by atoms with Crippen molar-refractivity contribution in [2.24, 2.45) is 0 Å². The number of nitrogens with one attached hydrogen (secondary N) is 1. The highest BCUT2D eigenvalue weighted by molar-refractivity contribution is 5.54. The van der Waals surface area contributed by atoms with E-state index in [0.29, 0.717) is 6.54 Å². The number of benzene rings is 1. The molecule has 1 atom stereocenters. The van der Waals surface area contributed by atoms with E-state index in [9.17, 15) is 5.11 Å². The molecule has 1 aromatic rings. The molecule has 2 N–H and O–H groups in total. The number of aryl methyl sites for hydroxylation is 1. The summed E-state index contributed by atoms with van der Waals surface area (Å²) in [5, 5.41) is 12.8. The van der Waals surface area contributed by atoms with Gasteiger partial charge in [0, 0.05) is 25.8 Å². The van der Waals surface area contributed by atoms with Crippen molar-refractivity contribution >= 4 is 5.69 Å². The number of likely N-dealkylation sites (N-methyl/N-ethyl adjacent to an activating group) is 1. The smallest absolute Gasteiger partial charge is 0.0686 e. The first kappa shape index (κ1) is 15.0. The van der Waals surface area contributed by atoms with Gasteiger partial charge in [-0.3, -0.25) is 0 Å². The summed E-state index contributed by atoms with van der Waals surface area (Å²) in [7, 11) is 2.02. The van der Waals surface area contributed by atoms with Gasteiger partial charge in [0.25, 0.3) is 0 Å². The van der Waals surface area contributed by atoms with Crippen LogP contribution in [0.1, 0.15) is 31.4 Å². The Balaban J connectivity index is 2.67. The molecular formula is C15H26N2O. The minimum absolute atomic E-state index is 0.305. The summed E-state index contributed by atoms with van der Waals surface area (Å²) in [6.07, 6.45) is 0.856. The van der Waals surface area contributed by atoms with Crippen molar-refractivity contribution in [1.82, 2.24) is 5.32 Å². The molecule has 0 saturated heterocycles.